The number of nitrogens with one attached hydrogen (secondary N) is 1. The van der Waals surface area contributed by atoms with Crippen molar-refractivity contribution in [1.82, 2.24) is 15.3 Å². The van der Waals surface area contributed by atoms with Crippen LogP contribution in [0.5, 0.6) is 0 Å². The predicted octanol–water partition coefficient (Wildman–Crippen LogP) is 1.12. The van der Waals surface area contributed by atoms with E-state index >= 15 is 0 Å². The van der Waals surface area contributed by atoms with Crippen LogP contribution in [0, 0.1) is 18.8 Å². The topological polar surface area (TPSA) is 75.1 Å². The van der Waals surface area contributed by atoms with Gasteiger partial charge in [0.15, 0.2) is 0 Å². The smallest absolute Gasteiger partial charge is 0.262 e. The maximum absolute atomic E-state index is 12.1. The number of aliphatic hydroxyl groups excluding tert-OH is 1. The Morgan fingerprint density at radius 3 is 3.10 bits per heavy atom. The minimum absolute atomic E-state index is 0.196. The summed E-state index contributed by atoms with van der Waals surface area (Å²) in [5.74, 6) is 5.77. The van der Waals surface area contributed by atoms with E-state index in [0.717, 1.165) is 5.69 Å². The Labute approximate surface area is 120 Å². The van der Waals surface area contributed by atoms with Crippen molar-refractivity contribution >= 4 is 17.2 Å². The molecule has 0 aliphatic rings. The number of carbonyl (C=O) groups is 1. The average molecular weight is 287 g/mol. The first-order valence-corrected chi connectivity index (χ1v) is 6.82. The number of hydrogen-bond acceptors (Lipinski definition) is 5. The summed E-state index contributed by atoms with van der Waals surface area (Å²) in [6, 6.07) is 3.52. The number of thiophene rings is 1. The van der Waals surface area contributed by atoms with Crippen molar-refractivity contribution in [2.24, 2.45) is 0 Å². The molecular weight excluding hydrogens is 274 g/mol. The van der Waals surface area contributed by atoms with E-state index in [4.69, 9.17) is 5.11 Å². The van der Waals surface area contributed by atoms with E-state index < -0.39 is 0 Å². The minimum atomic E-state index is -0.225. The van der Waals surface area contributed by atoms with Crippen molar-refractivity contribution in [2.45, 2.75) is 13.5 Å². The average Bonchev–Trinajstić information content (AvgIpc) is 2.91. The second kappa shape index (κ2) is 6.80. The Bertz CT molecular complexity index is 670. The normalized spacial score (nSPS) is 9.70. The molecule has 5 nitrogen and oxygen atoms in total. The molecule has 2 N–H and O–H groups in total. The number of aromatic nitrogens is 2. The zero-order valence-electron chi connectivity index (χ0n) is 10.9. The first-order chi connectivity index (χ1) is 9.70. The Morgan fingerprint density at radius 2 is 2.35 bits per heavy atom. The van der Waals surface area contributed by atoms with Crippen LogP contribution in [0.15, 0.2) is 23.7 Å². The van der Waals surface area contributed by atoms with E-state index in [9.17, 15) is 4.79 Å². The lowest BCUT2D eigenvalue weighted by molar-refractivity contribution is 0.0954. The summed E-state index contributed by atoms with van der Waals surface area (Å²) in [5, 5.41) is 13.3. The van der Waals surface area contributed by atoms with Crippen molar-refractivity contribution in [2.75, 3.05) is 6.61 Å². The molecule has 0 fully saturated rings. The summed E-state index contributed by atoms with van der Waals surface area (Å²) in [6.45, 7) is 1.91. The van der Waals surface area contributed by atoms with Crippen molar-refractivity contribution in [1.29, 1.82) is 0 Å². The van der Waals surface area contributed by atoms with Gasteiger partial charge in [0.1, 0.15) is 17.3 Å². The molecule has 0 aromatic carbocycles. The van der Waals surface area contributed by atoms with Crippen molar-refractivity contribution < 1.29 is 9.90 Å². The van der Waals surface area contributed by atoms with Gasteiger partial charge in [0.25, 0.3) is 5.91 Å². The number of amides is 1. The molecule has 2 aromatic rings. The third-order valence-corrected chi connectivity index (χ3v) is 3.35. The van der Waals surface area contributed by atoms with Crippen LogP contribution in [0.1, 0.15) is 26.8 Å². The molecule has 2 aromatic heterocycles. The van der Waals surface area contributed by atoms with E-state index in [2.05, 4.69) is 27.1 Å². The van der Waals surface area contributed by atoms with Gasteiger partial charge in [-0.05, 0) is 24.4 Å². The van der Waals surface area contributed by atoms with Gasteiger partial charge in [0.05, 0.1) is 12.2 Å². The SMILES string of the molecule is Cc1nccc(CNC(=O)c2sccc2C#CCO)n1. The van der Waals surface area contributed by atoms with Gasteiger partial charge in [-0.15, -0.1) is 11.3 Å². The largest absolute Gasteiger partial charge is 0.384 e. The lowest BCUT2D eigenvalue weighted by Gasteiger charge is -2.04. The standard InChI is InChI=1S/C14H13N3O2S/c1-10-15-6-4-12(17-10)9-16-14(19)13-11(3-2-7-18)5-8-20-13/h4-6,8,18H,7,9H2,1H3,(H,16,19). The highest BCUT2D eigenvalue weighted by Crippen LogP contribution is 2.15. The highest BCUT2D eigenvalue weighted by Gasteiger charge is 2.11. The van der Waals surface area contributed by atoms with Crippen LogP contribution in [0.2, 0.25) is 0 Å². The lowest BCUT2D eigenvalue weighted by Crippen LogP contribution is -2.23. The molecule has 0 saturated heterocycles. The molecule has 0 radical (unpaired) electrons. The van der Waals surface area contributed by atoms with Crippen LogP contribution in [0.3, 0.4) is 0 Å². The quantitative estimate of drug-likeness (QED) is 0.830. The van der Waals surface area contributed by atoms with Crippen LogP contribution in [0.4, 0.5) is 0 Å². The van der Waals surface area contributed by atoms with Crippen LogP contribution >= 0.6 is 11.3 Å². The molecule has 2 heterocycles. The van der Waals surface area contributed by atoms with Gasteiger partial charge in [0, 0.05) is 11.8 Å². The molecule has 0 spiro atoms. The summed E-state index contributed by atoms with van der Waals surface area (Å²) in [7, 11) is 0. The fourth-order valence-electron chi connectivity index (χ4n) is 1.57. The fourth-order valence-corrected chi connectivity index (χ4v) is 2.34. The molecule has 20 heavy (non-hydrogen) atoms. The van der Waals surface area contributed by atoms with Gasteiger partial charge in [-0.3, -0.25) is 4.79 Å². The maximum Gasteiger partial charge on any atom is 0.262 e. The van der Waals surface area contributed by atoms with E-state index in [-0.39, 0.29) is 12.5 Å². The number of rotatable bonds is 3. The Hall–Kier alpha value is -2.23. The molecule has 6 heteroatoms. The second-order valence-corrected chi connectivity index (χ2v) is 4.82. The van der Waals surface area contributed by atoms with E-state index in [1.165, 1.54) is 11.3 Å². The minimum Gasteiger partial charge on any atom is -0.384 e. The molecule has 2 rings (SSSR count). The van der Waals surface area contributed by atoms with E-state index in [0.29, 0.717) is 22.8 Å². The molecule has 0 atom stereocenters. The van der Waals surface area contributed by atoms with Crippen molar-refractivity contribution in [3.05, 3.63) is 45.7 Å². The number of hydrogen-bond donors (Lipinski definition) is 2. The predicted molar refractivity (Wildman–Crippen MR) is 76.2 cm³/mol. The van der Waals surface area contributed by atoms with Crippen LogP contribution in [-0.2, 0) is 6.54 Å². The summed E-state index contributed by atoms with van der Waals surface area (Å²) in [4.78, 5) is 20.8. The number of aryl methyl sites for hydroxylation is 1. The second-order valence-electron chi connectivity index (χ2n) is 3.90. The zero-order valence-corrected chi connectivity index (χ0v) is 11.7. The Morgan fingerprint density at radius 1 is 1.50 bits per heavy atom. The van der Waals surface area contributed by atoms with Crippen LogP contribution in [-0.4, -0.2) is 27.6 Å². The monoisotopic (exact) mass is 287 g/mol. The molecule has 0 aliphatic heterocycles. The van der Waals surface area contributed by atoms with Gasteiger partial charge in [0.2, 0.25) is 0 Å². The Kier molecular flexibility index (Phi) is 4.82. The van der Waals surface area contributed by atoms with Crippen molar-refractivity contribution in [3.63, 3.8) is 0 Å². The van der Waals surface area contributed by atoms with Gasteiger partial charge in [-0.1, -0.05) is 11.8 Å². The number of nitrogens with zero attached hydrogens (tertiary/aromatic N) is 2. The molecule has 0 saturated carbocycles. The van der Waals surface area contributed by atoms with Gasteiger partial charge >= 0.3 is 0 Å². The number of aliphatic hydroxyl groups is 1. The highest BCUT2D eigenvalue weighted by molar-refractivity contribution is 7.12. The fraction of sp³-hybridized carbons (Fsp3) is 0.214. The summed E-state index contributed by atoms with van der Waals surface area (Å²) >= 11 is 1.32. The lowest BCUT2D eigenvalue weighted by atomic mass is 10.2. The maximum atomic E-state index is 12.1. The molecule has 102 valence electrons. The molecule has 0 unspecified atom stereocenters. The zero-order chi connectivity index (χ0) is 14.4. The molecule has 0 aliphatic carbocycles. The van der Waals surface area contributed by atoms with E-state index in [1.807, 2.05) is 0 Å². The molecular formula is C14H13N3O2S. The molecule has 0 bridgehead atoms. The van der Waals surface area contributed by atoms with Crippen LogP contribution < -0.4 is 5.32 Å². The summed E-state index contributed by atoms with van der Waals surface area (Å²) in [6.07, 6.45) is 1.66. The van der Waals surface area contributed by atoms with Gasteiger partial charge < -0.3 is 10.4 Å². The van der Waals surface area contributed by atoms with Crippen LogP contribution in [0.25, 0.3) is 0 Å². The highest BCUT2D eigenvalue weighted by atomic mass is 32.1. The summed E-state index contributed by atoms with van der Waals surface area (Å²) in [5.41, 5.74) is 1.38. The Balaban J connectivity index is 2.04. The number of carbonyl (C=O) groups excluding carboxylic acids is 1. The van der Waals surface area contributed by atoms with Crippen molar-refractivity contribution in [3.8, 4) is 11.8 Å². The first-order valence-electron chi connectivity index (χ1n) is 5.94. The van der Waals surface area contributed by atoms with Gasteiger partial charge in [-0.2, -0.15) is 0 Å². The summed E-state index contributed by atoms with van der Waals surface area (Å²) < 4.78 is 0. The third-order valence-electron chi connectivity index (χ3n) is 2.44. The molecule has 1 amide bonds. The first kappa shape index (κ1) is 14.2. The van der Waals surface area contributed by atoms with Gasteiger partial charge in [-0.25, -0.2) is 9.97 Å². The third kappa shape index (κ3) is 3.63. The van der Waals surface area contributed by atoms with E-state index in [1.54, 1.807) is 30.6 Å².